The van der Waals surface area contributed by atoms with E-state index in [2.05, 4.69) is 259 Å². The van der Waals surface area contributed by atoms with Crippen LogP contribution in [0.1, 0.15) is 211 Å². The summed E-state index contributed by atoms with van der Waals surface area (Å²) in [6.07, 6.45) is 0. The summed E-state index contributed by atoms with van der Waals surface area (Å²) in [7, 11) is 0. The van der Waals surface area contributed by atoms with Crippen LogP contribution in [-0.4, -0.2) is 0 Å². The van der Waals surface area contributed by atoms with E-state index in [1.54, 1.807) is 24.3 Å². The molecule has 2 aliphatic rings. The van der Waals surface area contributed by atoms with E-state index < -0.39 is 0 Å². The number of anilines is 8. The van der Waals surface area contributed by atoms with E-state index in [1.165, 1.54) is 44.5 Å². The second-order valence-electron chi connectivity index (χ2n) is 30.3. The maximum absolute atomic E-state index is 16.7. The Bertz CT molecular complexity index is 2910. The van der Waals surface area contributed by atoms with Crippen LogP contribution >= 0.6 is 0 Å². The predicted octanol–water partition coefficient (Wildman–Crippen LogP) is 20.8. The maximum atomic E-state index is 16.7. The molecule has 6 aromatic rings. The van der Waals surface area contributed by atoms with Crippen molar-refractivity contribution in [1.29, 1.82) is 0 Å². The van der Waals surface area contributed by atoms with Crippen LogP contribution < -0.4 is 19.6 Å². The van der Waals surface area contributed by atoms with Crippen LogP contribution in [0.4, 0.5) is 54.3 Å². The highest BCUT2D eigenvalue weighted by atomic mass is 19.1. The van der Waals surface area contributed by atoms with Gasteiger partial charge in [-0.25, -0.2) is 8.78 Å². The topological polar surface area (TPSA) is 13.0 Å². The summed E-state index contributed by atoms with van der Waals surface area (Å²) >= 11 is 0. The molecule has 0 radical (unpaired) electrons. The average molecular weight is 1030 g/mol. The Morgan fingerprint density at radius 2 is 0.395 bits per heavy atom. The van der Waals surface area contributed by atoms with Gasteiger partial charge in [0.2, 0.25) is 0 Å². The minimum Gasteiger partial charge on any atom is -0.291 e. The summed E-state index contributed by atoms with van der Waals surface area (Å²) in [4.78, 5) is 9.40. The molecule has 4 nitrogen and oxygen atoms in total. The fourth-order valence-electron chi connectivity index (χ4n) is 10.3. The molecule has 0 N–H and O–H groups in total. The molecule has 6 heteroatoms. The zero-order chi connectivity index (χ0) is 56.6. The molecule has 404 valence electrons. The molecule has 0 saturated heterocycles. The molecular formula is C70H90F2N4. The fourth-order valence-corrected chi connectivity index (χ4v) is 10.3. The van der Waals surface area contributed by atoms with Crippen molar-refractivity contribution in [2.75, 3.05) is 19.6 Å². The van der Waals surface area contributed by atoms with Gasteiger partial charge in [-0.3, -0.25) is 19.6 Å². The van der Waals surface area contributed by atoms with E-state index in [9.17, 15) is 0 Å². The Labute approximate surface area is 458 Å². The lowest BCUT2D eigenvalue weighted by Crippen LogP contribution is -2.34. The molecular weight excluding hydrogens is 935 g/mol. The maximum Gasteiger partial charge on any atom is 0.166 e. The minimum atomic E-state index is -0.331. The third kappa shape index (κ3) is 10.9. The van der Waals surface area contributed by atoms with Crippen LogP contribution in [-0.2, 0) is 43.3 Å². The highest BCUT2D eigenvalue weighted by Gasteiger charge is 2.46. The van der Waals surface area contributed by atoms with E-state index in [1.807, 2.05) is 12.1 Å². The summed E-state index contributed by atoms with van der Waals surface area (Å²) in [5.41, 5.74) is 14.5. The van der Waals surface area contributed by atoms with Crippen LogP contribution in [0.3, 0.4) is 0 Å². The summed E-state index contributed by atoms with van der Waals surface area (Å²) < 4.78 is 33.4. The van der Waals surface area contributed by atoms with Gasteiger partial charge in [0.1, 0.15) is 11.6 Å². The van der Waals surface area contributed by atoms with E-state index in [0.717, 1.165) is 45.8 Å². The molecule has 0 saturated carbocycles. The van der Waals surface area contributed by atoms with Crippen LogP contribution in [0, 0.1) is 11.6 Å². The molecule has 0 bridgehead atoms. The van der Waals surface area contributed by atoms with Crippen molar-refractivity contribution >= 4 is 45.5 Å². The quantitative estimate of drug-likeness (QED) is 0.174. The first kappa shape index (κ1) is 56.3. The molecule has 2 heterocycles. The van der Waals surface area contributed by atoms with E-state index >= 15 is 8.78 Å². The predicted molar refractivity (Wildman–Crippen MR) is 324 cm³/mol. The SMILES string of the molecule is CC(C)(C)c1cc(N2/C(=C3/N(c4cc(C(C)(C)C)cc(C(C)(C)C)c4)c4ccc(F)cc4N3c3cc(C(C)(C)C)cc(C(C)(C)C)c3)N(c3cc(C(C)(C)C)cc(C(C)(C)C)c3)c3cc(F)ccc32)cc(C(C)(C)C)c1. The lowest BCUT2D eigenvalue weighted by Gasteiger charge is -2.37. The summed E-state index contributed by atoms with van der Waals surface area (Å²) in [5.74, 6) is 0.933. The zero-order valence-electron chi connectivity index (χ0n) is 50.9. The van der Waals surface area contributed by atoms with Crippen molar-refractivity contribution in [1.82, 2.24) is 0 Å². The molecule has 6 aromatic carbocycles. The fraction of sp³-hybridized carbons (Fsp3) is 0.457. The molecule has 0 fully saturated rings. The molecule has 0 unspecified atom stereocenters. The van der Waals surface area contributed by atoms with Crippen molar-refractivity contribution < 1.29 is 8.78 Å². The number of hydrogen-bond acceptors (Lipinski definition) is 4. The number of rotatable bonds is 4. The largest absolute Gasteiger partial charge is 0.291 e. The first-order chi connectivity index (χ1) is 34.5. The molecule has 2 aliphatic heterocycles. The van der Waals surface area contributed by atoms with Crippen molar-refractivity contribution in [2.24, 2.45) is 0 Å². The van der Waals surface area contributed by atoms with Crippen molar-refractivity contribution in [3.8, 4) is 0 Å². The summed E-state index contributed by atoms with van der Waals surface area (Å²) in [6.45, 7) is 54.5. The van der Waals surface area contributed by atoms with Crippen LogP contribution in [0.5, 0.6) is 0 Å². The molecule has 76 heavy (non-hydrogen) atoms. The zero-order valence-corrected chi connectivity index (χ0v) is 50.9. The van der Waals surface area contributed by atoms with E-state index in [0.29, 0.717) is 11.4 Å². The number of hydrogen-bond donors (Lipinski definition) is 0. The van der Waals surface area contributed by atoms with Gasteiger partial charge in [0, 0.05) is 34.9 Å². The average Bonchev–Trinajstić information content (AvgIpc) is 3.78. The van der Waals surface area contributed by atoms with Crippen molar-refractivity contribution in [3.63, 3.8) is 0 Å². The molecule has 8 rings (SSSR count). The highest BCUT2D eigenvalue weighted by Crippen LogP contribution is 2.59. The molecule has 0 aliphatic carbocycles. The van der Waals surface area contributed by atoms with Crippen LogP contribution in [0.2, 0.25) is 0 Å². The standard InChI is InChI=1S/C70H90F2N4/c1-63(2,3)43-29-44(64(4,5)6)34-53(33-43)73-57-27-25-51(71)41-59(57)75(55-37-47(67(13,14)15)31-48(38-55)68(16,17)18)61(73)62-74(54-35-45(65(7,8)9)30-46(36-54)66(10,11)12)58-28-26-52(72)42-60(58)76(62)56-39-49(69(19,20)21)32-50(40-56)70(22,23)24/h25-42H,1-24H3/b62-61+. The van der Waals surface area contributed by atoms with Crippen molar-refractivity contribution in [3.05, 3.63) is 177 Å². The molecule has 0 amide bonds. The second-order valence-corrected chi connectivity index (χ2v) is 30.3. The van der Waals surface area contributed by atoms with Gasteiger partial charge in [-0.2, -0.15) is 0 Å². The Hall–Kier alpha value is -5.88. The van der Waals surface area contributed by atoms with Gasteiger partial charge in [-0.05, 0) is 161 Å². The minimum absolute atomic E-state index is 0.219. The Morgan fingerprint density at radius 3 is 0.566 bits per heavy atom. The summed E-state index contributed by atoms with van der Waals surface area (Å²) in [5, 5.41) is 0. The Morgan fingerprint density at radius 1 is 0.224 bits per heavy atom. The number of fused-ring (bicyclic) bond motifs is 2. The van der Waals surface area contributed by atoms with Gasteiger partial charge in [0.25, 0.3) is 0 Å². The van der Waals surface area contributed by atoms with Gasteiger partial charge in [0.15, 0.2) is 11.6 Å². The number of halogens is 2. The van der Waals surface area contributed by atoms with Gasteiger partial charge < -0.3 is 0 Å². The van der Waals surface area contributed by atoms with E-state index in [-0.39, 0.29) is 55.0 Å². The first-order valence-electron chi connectivity index (χ1n) is 27.7. The Kier molecular flexibility index (Phi) is 13.6. The third-order valence-electron chi connectivity index (χ3n) is 15.5. The van der Waals surface area contributed by atoms with Gasteiger partial charge in [-0.15, -0.1) is 0 Å². The van der Waals surface area contributed by atoms with Gasteiger partial charge in [0.05, 0.1) is 22.7 Å². The lowest BCUT2D eigenvalue weighted by atomic mass is 9.80. The molecule has 0 spiro atoms. The Balaban J connectivity index is 1.71. The van der Waals surface area contributed by atoms with Gasteiger partial charge in [-0.1, -0.05) is 190 Å². The third-order valence-corrected chi connectivity index (χ3v) is 15.5. The molecule has 0 aromatic heterocycles. The first-order valence-corrected chi connectivity index (χ1v) is 27.7. The van der Waals surface area contributed by atoms with Crippen LogP contribution in [0.25, 0.3) is 0 Å². The van der Waals surface area contributed by atoms with Gasteiger partial charge >= 0.3 is 0 Å². The van der Waals surface area contributed by atoms with E-state index in [4.69, 9.17) is 0 Å². The van der Waals surface area contributed by atoms with Crippen molar-refractivity contribution in [2.45, 2.75) is 209 Å². The lowest BCUT2D eigenvalue weighted by molar-refractivity contribution is 0.567. The number of nitrogens with zero attached hydrogens (tertiary/aromatic N) is 4. The monoisotopic (exact) mass is 1020 g/mol. The highest BCUT2D eigenvalue weighted by molar-refractivity contribution is 6.00. The normalized spacial score (nSPS) is 16.0. The van der Waals surface area contributed by atoms with Crippen LogP contribution in [0.15, 0.2) is 121 Å². The molecule has 0 atom stereocenters. The second kappa shape index (κ2) is 18.4. The number of benzene rings is 6. The smallest absolute Gasteiger partial charge is 0.166 e. The summed E-state index contributed by atoms with van der Waals surface area (Å²) in [6, 6.07) is 38.6.